The number of nitrogens with one attached hydrogen (secondary N) is 2. The number of likely N-dealkylation sites (tertiary alicyclic amines) is 1. The van der Waals surface area contributed by atoms with Crippen molar-refractivity contribution in [3.8, 4) is 5.75 Å². The molecule has 3 amide bonds. The molecule has 43 heavy (non-hydrogen) atoms. The van der Waals surface area contributed by atoms with Crippen molar-refractivity contribution in [2.45, 2.75) is 63.8 Å². The highest BCUT2D eigenvalue weighted by Gasteiger charge is 2.75. The van der Waals surface area contributed by atoms with Gasteiger partial charge < -0.3 is 30.1 Å². The van der Waals surface area contributed by atoms with Gasteiger partial charge in [-0.1, -0.05) is 50.6 Å². The third kappa shape index (κ3) is 4.94. The highest BCUT2D eigenvalue weighted by molar-refractivity contribution is 6.05. The number of aliphatic hydroxyl groups excluding tert-OH is 1. The number of aliphatic hydroxyl groups is 1. The van der Waals surface area contributed by atoms with Crippen LogP contribution in [0.25, 0.3) is 10.8 Å². The number of nitrogens with zero attached hydrogens (tertiary/aromatic N) is 1. The van der Waals surface area contributed by atoms with Crippen molar-refractivity contribution in [1.82, 2.24) is 4.90 Å². The molecule has 3 heterocycles. The van der Waals surface area contributed by atoms with Crippen molar-refractivity contribution in [3.05, 3.63) is 66.7 Å². The molecule has 3 N–H and O–H groups in total. The van der Waals surface area contributed by atoms with Gasteiger partial charge in [-0.2, -0.15) is 0 Å². The van der Waals surface area contributed by atoms with Crippen LogP contribution >= 0.6 is 0 Å². The van der Waals surface area contributed by atoms with Crippen molar-refractivity contribution in [1.29, 1.82) is 0 Å². The molecule has 3 aromatic carbocycles. The van der Waals surface area contributed by atoms with Crippen LogP contribution < -0.4 is 15.4 Å². The van der Waals surface area contributed by atoms with Gasteiger partial charge in [0.25, 0.3) is 0 Å². The minimum Gasteiger partial charge on any atom is -0.494 e. The number of anilines is 2. The minimum absolute atomic E-state index is 0.0755. The van der Waals surface area contributed by atoms with Crippen LogP contribution in [0.15, 0.2) is 66.7 Å². The van der Waals surface area contributed by atoms with Crippen molar-refractivity contribution in [2.75, 3.05) is 23.8 Å². The maximum Gasteiger partial charge on any atom is 0.250 e. The zero-order chi connectivity index (χ0) is 30.3. The zero-order valence-electron chi connectivity index (χ0n) is 24.8. The van der Waals surface area contributed by atoms with E-state index in [9.17, 15) is 19.5 Å². The summed E-state index contributed by atoms with van der Waals surface area (Å²) in [6.45, 7) is 6.10. The fourth-order valence-electron chi connectivity index (χ4n) is 7.37. The summed E-state index contributed by atoms with van der Waals surface area (Å²) in [5.41, 5.74) is 0.0353. The first-order valence-corrected chi connectivity index (χ1v) is 15.3. The molecule has 3 fully saturated rings. The van der Waals surface area contributed by atoms with Crippen LogP contribution in [0.5, 0.6) is 5.75 Å². The Kier molecular flexibility index (Phi) is 7.87. The number of carbonyl (C=O) groups excluding carboxylic acids is 3. The molecule has 9 nitrogen and oxygen atoms in total. The number of rotatable bonds is 10. The number of hydrogen-bond acceptors (Lipinski definition) is 6. The Morgan fingerprint density at radius 1 is 1.02 bits per heavy atom. The third-order valence-corrected chi connectivity index (χ3v) is 9.58. The second-order valence-electron chi connectivity index (χ2n) is 11.9. The molecule has 0 saturated carbocycles. The average molecular weight is 586 g/mol. The highest BCUT2D eigenvalue weighted by Crippen LogP contribution is 2.59. The normalized spacial score (nSPS) is 27.2. The van der Waals surface area contributed by atoms with Gasteiger partial charge in [-0.05, 0) is 72.9 Å². The number of hydrogen-bond donors (Lipinski definition) is 3. The topological polar surface area (TPSA) is 117 Å². The molecule has 3 saturated heterocycles. The van der Waals surface area contributed by atoms with E-state index in [0.717, 1.165) is 10.8 Å². The van der Waals surface area contributed by atoms with Crippen LogP contribution in [0.4, 0.5) is 11.4 Å². The Bertz CT molecular complexity index is 1530. The fraction of sp³-hybridized carbons (Fsp3) is 0.441. The van der Waals surface area contributed by atoms with E-state index in [0.29, 0.717) is 43.0 Å². The van der Waals surface area contributed by atoms with Gasteiger partial charge in [-0.15, -0.1) is 0 Å². The summed E-state index contributed by atoms with van der Waals surface area (Å²) in [7, 11) is 0. The van der Waals surface area contributed by atoms with Crippen LogP contribution in [0.2, 0.25) is 0 Å². The molecular weight excluding hydrogens is 546 g/mol. The summed E-state index contributed by atoms with van der Waals surface area (Å²) in [5, 5.41) is 18.6. The van der Waals surface area contributed by atoms with Gasteiger partial charge in [0.15, 0.2) is 0 Å². The number of carbonyl (C=O) groups is 3. The lowest BCUT2D eigenvalue weighted by molar-refractivity contribution is -0.144. The Labute approximate surface area is 251 Å². The lowest BCUT2D eigenvalue weighted by atomic mass is 9.70. The molecule has 1 spiro atoms. The van der Waals surface area contributed by atoms with Gasteiger partial charge in [0.1, 0.15) is 17.4 Å². The quantitative estimate of drug-likeness (QED) is 0.320. The van der Waals surface area contributed by atoms with E-state index in [1.54, 1.807) is 24.3 Å². The minimum atomic E-state index is -1.16. The van der Waals surface area contributed by atoms with Gasteiger partial charge in [-0.3, -0.25) is 14.4 Å². The Balaban J connectivity index is 1.33. The summed E-state index contributed by atoms with van der Waals surface area (Å²) in [5.74, 6) is -1.97. The zero-order valence-corrected chi connectivity index (χ0v) is 24.8. The predicted octanol–water partition coefficient (Wildman–Crippen LogP) is 4.60. The van der Waals surface area contributed by atoms with Crippen molar-refractivity contribution in [2.24, 2.45) is 17.8 Å². The molecule has 0 aromatic heterocycles. The third-order valence-electron chi connectivity index (χ3n) is 9.58. The molecule has 2 bridgehead atoms. The van der Waals surface area contributed by atoms with Crippen LogP contribution in [-0.2, 0) is 19.1 Å². The van der Waals surface area contributed by atoms with E-state index in [1.165, 1.54) is 4.90 Å². The van der Waals surface area contributed by atoms with Gasteiger partial charge in [0.05, 0.1) is 37.2 Å². The number of benzene rings is 3. The monoisotopic (exact) mass is 585 g/mol. The molecule has 0 aliphatic carbocycles. The smallest absolute Gasteiger partial charge is 0.250 e. The van der Waals surface area contributed by atoms with Crippen molar-refractivity contribution < 1.29 is 29.0 Å². The van der Waals surface area contributed by atoms with Crippen LogP contribution in [-0.4, -0.2) is 64.7 Å². The second-order valence-corrected chi connectivity index (χ2v) is 11.9. The highest BCUT2D eigenvalue weighted by atomic mass is 16.5. The summed E-state index contributed by atoms with van der Waals surface area (Å²) in [6.07, 6.45) is 1.26. The van der Waals surface area contributed by atoms with Gasteiger partial charge in [0, 0.05) is 11.4 Å². The SMILES string of the molecule is CCOc1ccc(NC(=O)[C@@H]2[C@H]3C(=O)N([C@@H](CO)[C@@H](C)CC)C(C(=O)Nc4ccc5ccccc5c4)C34CC[C@H]2O4)cc1. The lowest BCUT2D eigenvalue weighted by Gasteiger charge is -2.38. The van der Waals surface area contributed by atoms with E-state index in [4.69, 9.17) is 9.47 Å². The Morgan fingerprint density at radius 3 is 2.42 bits per heavy atom. The Hall–Kier alpha value is -3.95. The summed E-state index contributed by atoms with van der Waals surface area (Å²) < 4.78 is 12.1. The van der Waals surface area contributed by atoms with E-state index >= 15 is 0 Å². The van der Waals surface area contributed by atoms with Crippen LogP contribution in [0.3, 0.4) is 0 Å². The molecular formula is C34H39N3O6. The summed E-state index contributed by atoms with van der Waals surface area (Å²) in [6, 6.07) is 19.1. The van der Waals surface area contributed by atoms with Gasteiger partial charge in [0.2, 0.25) is 17.7 Å². The molecule has 0 radical (unpaired) electrons. The summed E-state index contributed by atoms with van der Waals surface area (Å²) in [4.78, 5) is 43.9. The first kappa shape index (κ1) is 29.1. The van der Waals surface area contributed by atoms with Crippen LogP contribution in [0.1, 0.15) is 40.0 Å². The summed E-state index contributed by atoms with van der Waals surface area (Å²) >= 11 is 0. The molecule has 226 valence electrons. The van der Waals surface area contributed by atoms with Gasteiger partial charge in [-0.25, -0.2) is 0 Å². The maximum absolute atomic E-state index is 14.4. The molecule has 3 aliphatic heterocycles. The molecule has 3 aromatic rings. The second kappa shape index (κ2) is 11.6. The maximum atomic E-state index is 14.4. The molecule has 2 unspecified atom stereocenters. The molecule has 7 atom stereocenters. The van der Waals surface area contributed by atoms with Crippen molar-refractivity contribution in [3.63, 3.8) is 0 Å². The van der Waals surface area contributed by atoms with Crippen molar-refractivity contribution >= 4 is 39.9 Å². The largest absolute Gasteiger partial charge is 0.494 e. The molecule has 3 aliphatic rings. The van der Waals surface area contributed by atoms with Gasteiger partial charge >= 0.3 is 0 Å². The van der Waals surface area contributed by atoms with E-state index < -0.39 is 35.6 Å². The molecule has 6 rings (SSSR count). The first-order chi connectivity index (χ1) is 20.8. The first-order valence-electron chi connectivity index (χ1n) is 15.3. The number of ether oxygens (including phenoxy) is 2. The van der Waals surface area contributed by atoms with E-state index in [-0.39, 0.29) is 30.2 Å². The fourth-order valence-corrected chi connectivity index (χ4v) is 7.37. The predicted molar refractivity (Wildman–Crippen MR) is 164 cm³/mol. The lowest BCUT2D eigenvalue weighted by Crippen LogP contribution is -2.57. The molecule has 9 heteroatoms. The van der Waals surface area contributed by atoms with E-state index in [1.807, 2.05) is 63.2 Å². The average Bonchev–Trinajstić information content (AvgIpc) is 3.66. The number of amides is 3. The number of fused-ring (bicyclic) bond motifs is 2. The standard InChI is InChI=1S/C34H39N3O6/c1-4-20(3)26(19-38)37-30(32(40)36-24-11-10-21-8-6-7-9-22(21)18-24)34-17-16-27(43-34)28(29(34)33(37)41)31(39)35-23-12-14-25(15-13-23)42-5-2/h6-15,18,20,26-30,38H,4-5,16-17,19H2,1-3H3,(H,35,39)(H,36,40)/t20-,26-,27+,28-,29-,30?,34?/m0/s1. The van der Waals surface area contributed by atoms with E-state index in [2.05, 4.69) is 10.6 Å². The Morgan fingerprint density at radius 2 is 1.72 bits per heavy atom. The van der Waals surface area contributed by atoms with Crippen LogP contribution in [0, 0.1) is 17.8 Å².